The number of ether oxygens (including phenoxy) is 2. The second kappa shape index (κ2) is 12.7. The summed E-state index contributed by atoms with van der Waals surface area (Å²) in [5, 5.41) is 6.56. The molecule has 0 bridgehead atoms. The molecule has 1 aromatic carbocycles. The van der Waals surface area contributed by atoms with Gasteiger partial charge in [0.05, 0.1) is 26.4 Å². The van der Waals surface area contributed by atoms with Gasteiger partial charge in [0.15, 0.2) is 5.96 Å². The molecular weight excluding hydrogens is 385 g/mol. The minimum absolute atomic E-state index is 0.0591. The van der Waals surface area contributed by atoms with Gasteiger partial charge in [-0.25, -0.2) is 4.99 Å². The monoisotopic (exact) mass is 416 g/mol. The fourth-order valence-electron chi connectivity index (χ4n) is 2.87. The van der Waals surface area contributed by atoms with Crippen LogP contribution < -0.4 is 10.6 Å². The van der Waals surface area contributed by atoms with Crippen molar-refractivity contribution in [2.75, 3.05) is 52.5 Å². The van der Waals surface area contributed by atoms with Crippen molar-refractivity contribution in [3.05, 3.63) is 35.4 Å². The molecule has 0 unspecified atom stereocenters. The Bertz CT molecular complexity index is 603. The molecule has 1 saturated heterocycles. The molecule has 1 aliphatic heterocycles. The molecule has 0 radical (unpaired) electrons. The first kappa shape index (κ1) is 23.4. The molecule has 0 atom stereocenters. The molecular formula is C20H31F3N4O2. The molecule has 9 heteroatoms. The predicted molar refractivity (Wildman–Crippen MR) is 107 cm³/mol. The number of nitrogens with one attached hydrogen (secondary N) is 2. The van der Waals surface area contributed by atoms with Crippen molar-refractivity contribution in [1.29, 1.82) is 0 Å². The standard InChI is InChI=1S/C20H31F3N4O2/c1-2-24-19(25-8-3-9-27-10-12-28-13-11-27)26-14-17-4-6-18(7-5-17)15-29-16-20(21,22)23/h4-7H,2-3,8-16H2,1H3,(H2,24,25,26). The van der Waals surface area contributed by atoms with Crippen LogP contribution in [0.3, 0.4) is 0 Å². The van der Waals surface area contributed by atoms with Crippen molar-refractivity contribution in [3.8, 4) is 0 Å². The van der Waals surface area contributed by atoms with E-state index in [1.165, 1.54) is 0 Å². The molecule has 0 saturated carbocycles. The summed E-state index contributed by atoms with van der Waals surface area (Å²) < 4.78 is 46.3. The molecule has 164 valence electrons. The van der Waals surface area contributed by atoms with E-state index in [0.717, 1.165) is 63.9 Å². The third-order valence-electron chi connectivity index (χ3n) is 4.37. The summed E-state index contributed by atoms with van der Waals surface area (Å²) in [7, 11) is 0. The van der Waals surface area contributed by atoms with Crippen LogP contribution in [0, 0.1) is 0 Å². The lowest BCUT2D eigenvalue weighted by molar-refractivity contribution is -0.176. The minimum Gasteiger partial charge on any atom is -0.379 e. The van der Waals surface area contributed by atoms with E-state index >= 15 is 0 Å². The van der Waals surface area contributed by atoms with Gasteiger partial charge >= 0.3 is 6.18 Å². The average Bonchev–Trinajstić information content (AvgIpc) is 2.70. The van der Waals surface area contributed by atoms with Crippen molar-refractivity contribution in [2.45, 2.75) is 32.7 Å². The smallest absolute Gasteiger partial charge is 0.379 e. The van der Waals surface area contributed by atoms with Crippen LogP contribution in [-0.4, -0.2) is 69.6 Å². The van der Waals surface area contributed by atoms with Crippen LogP contribution in [-0.2, 0) is 22.6 Å². The fraction of sp³-hybridized carbons (Fsp3) is 0.650. The molecule has 1 aliphatic rings. The largest absolute Gasteiger partial charge is 0.411 e. The fourth-order valence-corrected chi connectivity index (χ4v) is 2.87. The molecule has 1 fully saturated rings. The van der Waals surface area contributed by atoms with Crippen molar-refractivity contribution in [2.24, 2.45) is 4.99 Å². The normalized spacial score (nSPS) is 16.1. The van der Waals surface area contributed by atoms with E-state index in [9.17, 15) is 13.2 Å². The highest BCUT2D eigenvalue weighted by Gasteiger charge is 2.27. The summed E-state index contributed by atoms with van der Waals surface area (Å²) in [6.07, 6.45) is -3.27. The zero-order chi connectivity index (χ0) is 21.0. The van der Waals surface area contributed by atoms with Crippen LogP contribution in [0.4, 0.5) is 13.2 Å². The minimum atomic E-state index is -4.30. The number of benzene rings is 1. The van der Waals surface area contributed by atoms with Gasteiger partial charge in [0.1, 0.15) is 6.61 Å². The molecule has 0 aromatic heterocycles. The van der Waals surface area contributed by atoms with Crippen LogP contribution in [0.1, 0.15) is 24.5 Å². The first-order valence-corrected chi connectivity index (χ1v) is 10.0. The lowest BCUT2D eigenvalue weighted by Crippen LogP contribution is -2.40. The maximum absolute atomic E-state index is 12.1. The van der Waals surface area contributed by atoms with Gasteiger partial charge in [-0.1, -0.05) is 24.3 Å². The molecule has 0 aliphatic carbocycles. The Morgan fingerprint density at radius 3 is 2.48 bits per heavy atom. The Balaban J connectivity index is 1.72. The molecule has 1 heterocycles. The van der Waals surface area contributed by atoms with Gasteiger partial charge in [-0.3, -0.25) is 4.90 Å². The van der Waals surface area contributed by atoms with Gasteiger partial charge in [-0.2, -0.15) is 13.2 Å². The summed E-state index contributed by atoms with van der Waals surface area (Å²) in [5.41, 5.74) is 1.69. The number of morpholine rings is 1. The maximum atomic E-state index is 12.1. The Morgan fingerprint density at radius 2 is 1.83 bits per heavy atom. The lowest BCUT2D eigenvalue weighted by atomic mass is 10.1. The number of hydrogen-bond acceptors (Lipinski definition) is 4. The SMILES string of the molecule is CCNC(=NCc1ccc(COCC(F)(F)F)cc1)NCCCN1CCOCC1. The van der Waals surface area contributed by atoms with E-state index in [4.69, 9.17) is 4.74 Å². The van der Waals surface area contributed by atoms with Crippen LogP contribution in [0.25, 0.3) is 0 Å². The molecule has 2 N–H and O–H groups in total. The van der Waals surface area contributed by atoms with Crippen molar-refractivity contribution >= 4 is 5.96 Å². The Morgan fingerprint density at radius 1 is 1.14 bits per heavy atom. The van der Waals surface area contributed by atoms with Crippen molar-refractivity contribution < 1.29 is 22.6 Å². The third kappa shape index (κ3) is 10.5. The van der Waals surface area contributed by atoms with E-state index in [0.29, 0.717) is 12.1 Å². The zero-order valence-corrected chi connectivity index (χ0v) is 16.9. The van der Waals surface area contributed by atoms with Gasteiger partial charge in [0.25, 0.3) is 0 Å². The van der Waals surface area contributed by atoms with Crippen LogP contribution in [0.15, 0.2) is 29.3 Å². The third-order valence-corrected chi connectivity index (χ3v) is 4.37. The number of halogens is 3. The first-order valence-electron chi connectivity index (χ1n) is 10.0. The molecule has 29 heavy (non-hydrogen) atoms. The topological polar surface area (TPSA) is 58.1 Å². The average molecular weight is 416 g/mol. The second-order valence-electron chi connectivity index (χ2n) is 6.85. The zero-order valence-electron chi connectivity index (χ0n) is 16.9. The van der Waals surface area contributed by atoms with Crippen LogP contribution in [0.2, 0.25) is 0 Å². The molecule has 1 aromatic rings. The van der Waals surface area contributed by atoms with Gasteiger partial charge in [-0.05, 0) is 31.0 Å². The number of hydrogen-bond donors (Lipinski definition) is 2. The van der Waals surface area contributed by atoms with E-state index in [2.05, 4.69) is 25.3 Å². The van der Waals surface area contributed by atoms with Crippen LogP contribution in [0.5, 0.6) is 0 Å². The maximum Gasteiger partial charge on any atom is 0.411 e. The van der Waals surface area contributed by atoms with Gasteiger partial charge in [-0.15, -0.1) is 0 Å². The summed E-state index contributed by atoms with van der Waals surface area (Å²) in [6.45, 7) is 7.45. The Labute approximate surface area is 170 Å². The number of nitrogens with zero attached hydrogens (tertiary/aromatic N) is 2. The summed E-state index contributed by atoms with van der Waals surface area (Å²) >= 11 is 0. The molecule has 6 nitrogen and oxygen atoms in total. The Kier molecular flexibility index (Phi) is 10.2. The van der Waals surface area contributed by atoms with Crippen LogP contribution >= 0.6 is 0 Å². The summed E-state index contributed by atoms with van der Waals surface area (Å²) in [5.74, 6) is 0.757. The number of rotatable bonds is 10. The highest BCUT2D eigenvalue weighted by molar-refractivity contribution is 5.79. The molecule has 0 spiro atoms. The predicted octanol–water partition coefficient (Wildman–Crippen LogP) is 2.54. The van der Waals surface area contributed by atoms with Gasteiger partial charge in [0, 0.05) is 26.2 Å². The van der Waals surface area contributed by atoms with Crippen molar-refractivity contribution in [1.82, 2.24) is 15.5 Å². The summed E-state index contributed by atoms with van der Waals surface area (Å²) in [4.78, 5) is 6.97. The van der Waals surface area contributed by atoms with Gasteiger partial charge in [0.2, 0.25) is 0 Å². The van der Waals surface area contributed by atoms with Crippen molar-refractivity contribution in [3.63, 3.8) is 0 Å². The lowest BCUT2D eigenvalue weighted by Gasteiger charge is -2.26. The summed E-state index contributed by atoms with van der Waals surface area (Å²) in [6, 6.07) is 7.25. The number of alkyl halides is 3. The van der Waals surface area contributed by atoms with E-state index in [-0.39, 0.29) is 6.61 Å². The van der Waals surface area contributed by atoms with E-state index < -0.39 is 12.8 Å². The second-order valence-corrected chi connectivity index (χ2v) is 6.85. The first-order chi connectivity index (χ1) is 14.0. The van der Waals surface area contributed by atoms with E-state index in [1.807, 2.05) is 19.1 Å². The highest BCUT2D eigenvalue weighted by Crippen LogP contribution is 2.16. The number of guanidine groups is 1. The van der Waals surface area contributed by atoms with E-state index in [1.54, 1.807) is 12.1 Å². The number of aliphatic imine (C=N–C) groups is 1. The Hall–Kier alpha value is -1.84. The molecule has 0 amide bonds. The molecule has 2 rings (SSSR count). The quantitative estimate of drug-likeness (QED) is 0.349. The highest BCUT2D eigenvalue weighted by atomic mass is 19.4. The van der Waals surface area contributed by atoms with Gasteiger partial charge < -0.3 is 20.1 Å².